The molecule has 1 atom stereocenters. The van der Waals surface area contributed by atoms with E-state index >= 15 is 0 Å². The molecule has 1 unspecified atom stereocenters. The summed E-state index contributed by atoms with van der Waals surface area (Å²) in [6.45, 7) is 5.18. The van der Waals surface area contributed by atoms with Crippen molar-refractivity contribution >= 4 is 28.4 Å². The molecule has 0 aromatic carbocycles. The second kappa shape index (κ2) is 7.23. The Balaban J connectivity index is 2.15. The zero-order valence-electron chi connectivity index (χ0n) is 11.3. The van der Waals surface area contributed by atoms with Gasteiger partial charge in [-0.3, -0.25) is 4.79 Å². The van der Waals surface area contributed by atoms with Crippen molar-refractivity contribution in [3.63, 3.8) is 0 Å². The fraction of sp³-hybridized carbons (Fsp3) is 0.692. The van der Waals surface area contributed by atoms with Gasteiger partial charge < -0.3 is 15.2 Å². The maximum atomic E-state index is 11.7. The molecule has 0 radical (unpaired) electrons. The van der Waals surface area contributed by atoms with Crippen LogP contribution in [0.2, 0.25) is 0 Å². The maximum absolute atomic E-state index is 11.7. The number of unbranched alkanes of at least 4 members (excludes halogenated alkanes) is 1. The molecule has 0 aliphatic carbocycles. The highest BCUT2D eigenvalue weighted by Crippen LogP contribution is 2.18. The lowest BCUT2D eigenvalue weighted by molar-refractivity contribution is 0.568. The molecule has 106 valence electrons. The van der Waals surface area contributed by atoms with E-state index < -0.39 is 0 Å². The predicted molar refractivity (Wildman–Crippen MR) is 85.7 cm³/mol. The largest absolute Gasteiger partial charge is 0.354 e. The first-order valence-electron chi connectivity index (χ1n) is 6.94. The lowest BCUT2D eigenvalue weighted by atomic mass is 10.2. The molecule has 0 amide bonds. The summed E-state index contributed by atoms with van der Waals surface area (Å²) in [5.74, 6) is 0.825. The molecule has 2 rings (SSSR count). The predicted octanol–water partition coefficient (Wildman–Crippen LogP) is 1.73. The summed E-state index contributed by atoms with van der Waals surface area (Å²) in [5.41, 5.74) is -0.0496. The van der Waals surface area contributed by atoms with Crippen LogP contribution in [-0.2, 0) is 0 Å². The van der Waals surface area contributed by atoms with Gasteiger partial charge in [0.15, 0.2) is 0 Å². The van der Waals surface area contributed by atoms with Gasteiger partial charge >= 0.3 is 0 Å². The average molecular weight is 376 g/mol. The minimum absolute atomic E-state index is 0.0496. The molecule has 1 aliphatic heterocycles. The monoisotopic (exact) mass is 376 g/mol. The minimum atomic E-state index is -0.0496. The number of anilines is 1. The van der Waals surface area contributed by atoms with Gasteiger partial charge in [-0.2, -0.15) is 0 Å². The van der Waals surface area contributed by atoms with E-state index in [1.165, 1.54) is 19.2 Å². The van der Waals surface area contributed by atoms with Crippen LogP contribution >= 0.6 is 22.6 Å². The van der Waals surface area contributed by atoms with Gasteiger partial charge in [-0.1, -0.05) is 13.3 Å². The van der Waals surface area contributed by atoms with E-state index in [-0.39, 0.29) is 5.56 Å². The maximum Gasteiger partial charge on any atom is 0.266 e. The number of hydrogen-bond donors (Lipinski definition) is 2. The smallest absolute Gasteiger partial charge is 0.266 e. The first kappa shape index (κ1) is 14.8. The molecule has 1 aromatic heterocycles. The van der Waals surface area contributed by atoms with E-state index in [0.717, 1.165) is 38.3 Å². The van der Waals surface area contributed by atoms with Crippen LogP contribution in [0.4, 0.5) is 5.82 Å². The lowest BCUT2D eigenvalue weighted by Crippen LogP contribution is -2.39. The number of hydrogen-bond acceptors (Lipinski definition) is 4. The van der Waals surface area contributed by atoms with Gasteiger partial charge in [0.2, 0.25) is 0 Å². The molecule has 1 aromatic rings. The van der Waals surface area contributed by atoms with E-state index in [1.54, 1.807) is 0 Å². The van der Waals surface area contributed by atoms with Gasteiger partial charge in [-0.25, -0.2) is 4.98 Å². The molecule has 0 saturated carbocycles. The molecule has 2 N–H and O–H groups in total. The summed E-state index contributed by atoms with van der Waals surface area (Å²) >= 11 is 2.09. The van der Waals surface area contributed by atoms with Gasteiger partial charge in [0.05, 0.1) is 6.33 Å². The summed E-state index contributed by atoms with van der Waals surface area (Å²) in [5, 5.41) is 3.51. The Bertz CT molecular complexity index is 456. The van der Waals surface area contributed by atoms with Crippen molar-refractivity contribution in [2.75, 3.05) is 24.5 Å². The molecular weight excluding hydrogens is 355 g/mol. The highest BCUT2D eigenvalue weighted by atomic mass is 127. The van der Waals surface area contributed by atoms with Crippen LogP contribution in [-0.4, -0.2) is 35.6 Å². The SMILES string of the molecule is CCCCN(CC1CCCN1)c1nc[nH]c(=O)c1I. The van der Waals surface area contributed by atoms with Gasteiger partial charge in [0.25, 0.3) is 5.56 Å². The lowest BCUT2D eigenvalue weighted by Gasteiger charge is -2.27. The summed E-state index contributed by atoms with van der Waals surface area (Å²) in [6.07, 6.45) is 6.22. The number of aromatic nitrogens is 2. The van der Waals surface area contributed by atoms with E-state index in [1.807, 2.05) is 0 Å². The third-order valence-electron chi connectivity index (χ3n) is 3.46. The van der Waals surface area contributed by atoms with Gasteiger partial charge in [0.1, 0.15) is 9.39 Å². The topological polar surface area (TPSA) is 61.0 Å². The van der Waals surface area contributed by atoms with Gasteiger partial charge in [0, 0.05) is 19.1 Å². The van der Waals surface area contributed by atoms with E-state index in [4.69, 9.17) is 0 Å². The zero-order valence-corrected chi connectivity index (χ0v) is 13.4. The number of aromatic amines is 1. The molecule has 0 bridgehead atoms. The van der Waals surface area contributed by atoms with Crippen LogP contribution in [0.1, 0.15) is 32.6 Å². The number of rotatable bonds is 6. The Morgan fingerprint density at radius 2 is 2.42 bits per heavy atom. The van der Waals surface area contributed by atoms with Crippen molar-refractivity contribution in [3.8, 4) is 0 Å². The molecule has 1 fully saturated rings. The quantitative estimate of drug-likeness (QED) is 0.743. The molecule has 19 heavy (non-hydrogen) atoms. The van der Waals surface area contributed by atoms with Crippen LogP contribution in [0.5, 0.6) is 0 Å². The zero-order chi connectivity index (χ0) is 13.7. The van der Waals surface area contributed by atoms with Gasteiger partial charge in [-0.05, 0) is 48.4 Å². The highest BCUT2D eigenvalue weighted by molar-refractivity contribution is 14.1. The van der Waals surface area contributed by atoms with Crippen LogP contribution in [0.15, 0.2) is 11.1 Å². The molecule has 1 aliphatic rings. The Hall–Kier alpha value is -0.630. The molecule has 5 nitrogen and oxygen atoms in total. The fourth-order valence-electron chi connectivity index (χ4n) is 2.41. The first-order valence-corrected chi connectivity index (χ1v) is 8.01. The molecular formula is C13H21IN4O. The highest BCUT2D eigenvalue weighted by Gasteiger charge is 2.20. The summed E-state index contributed by atoms with van der Waals surface area (Å²) in [6, 6.07) is 0.522. The van der Waals surface area contributed by atoms with Crippen LogP contribution in [0.25, 0.3) is 0 Å². The second-order valence-corrected chi connectivity index (χ2v) is 6.04. The standard InChI is InChI=1S/C13H21IN4O/c1-2-3-7-18(8-10-5-4-6-15-10)12-11(14)13(19)17-9-16-12/h9-10,15H,2-8H2,1H3,(H,16,17,19). The number of halogens is 1. The van der Waals surface area contributed by atoms with Crippen molar-refractivity contribution in [3.05, 3.63) is 20.3 Å². The van der Waals surface area contributed by atoms with E-state index in [0.29, 0.717) is 9.61 Å². The Morgan fingerprint density at radius 1 is 1.58 bits per heavy atom. The van der Waals surface area contributed by atoms with Crippen LogP contribution in [0, 0.1) is 3.57 Å². The Morgan fingerprint density at radius 3 is 3.11 bits per heavy atom. The van der Waals surface area contributed by atoms with Crippen molar-refractivity contribution in [1.82, 2.24) is 15.3 Å². The van der Waals surface area contributed by atoms with Crippen LogP contribution < -0.4 is 15.8 Å². The van der Waals surface area contributed by atoms with Crippen molar-refractivity contribution in [2.24, 2.45) is 0 Å². The number of nitrogens with one attached hydrogen (secondary N) is 2. The summed E-state index contributed by atoms with van der Waals surface area (Å²) < 4.78 is 0.689. The summed E-state index contributed by atoms with van der Waals surface area (Å²) in [7, 11) is 0. The van der Waals surface area contributed by atoms with Crippen molar-refractivity contribution < 1.29 is 0 Å². The minimum Gasteiger partial charge on any atom is -0.354 e. The fourth-order valence-corrected chi connectivity index (χ4v) is 3.04. The number of nitrogens with zero attached hydrogens (tertiary/aromatic N) is 2. The molecule has 6 heteroatoms. The normalized spacial score (nSPS) is 18.7. The van der Waals surface area contributed by atoms with Crippen molar-refractivity contribution in [1.29, 1.82) is 0 Å². The third kappa shape index (κ3) is 3.92. The van der Waals surface area contributed by atoms with E-state index in [9.17, 15) is 4.79 Å². The Kier molecular flexibility index (Phi) is 5.62. The van der Waals surface area contributed by atoms with Gasteiger partial charge in [-0.15, -0.1) is 0 Å². The Labute approximate surface area is 127 Å². The van der Waals surface area contributed by atoms with Crippen LogP contribution in [0.3, 0.4) is 0 Å². The third-order valence-corrected chi connectivity index (χ3v) is 4.43. The van der Waals surface area contributed by atoms with Crippen molar-refractivity contribution in [2.45, 2.75) is 38.6 Å². The van der Waals surface area contributed by atoms with E-state index in [2.05, 4.69) is 49.7 Å². The first-order chi connectivity index (χ1) is 9.22. The second-order valence-electron chi connectivity index (χ2n) is 4.96. The molecule has 1 saturated heterocycles. The average Bonchev–Trinajstić information content (AvgIpc) is 2.91. The number of H-pyrrole nitrogens is 1. The molecule has 0 spiro atoms. The summed E-state index contributed by atoms with van der Waals surface area (Å²) in [4.78, 5) is 21.0. The molecule has 2 heterocycles.